The maximum atomic E-state index is 13.5. The quantitative estimate of drug-likeness (QED) is 0.0781. The maximum absolute atomic E-state index is 13.5. The summed E-state index contributed by atoms with van der Waals surface area (Å²) < 4.78 is 5.88. The van der Waals surface area contributed by atoms with Gasteiger partial charge in [-0.25, -0.2) is 14.8 Å². The number of nitrogens with zero attached hydrogens (tertiary/aromatic N) is 2. The number of unbranched alkanes of at least 4 members (excludes halogenated alkanes) is 4. The van der Waals surface area contributed by atoms with E-state index in [1.807, 2.05) is 60.7 Å². The van der Waals surface area contributed by atoms with Crippen molar-refractivity contribution < 1.29 is 29.0 Å². The number of carbonyl (C=O) groups excluding carboxylic acids is 3. The van der Waals surface area contributed by atoms with Crippen molar-refractivity contribution in [2.75, 3.05) is 6.61 Å². The number of nitrogens with two attached hydrogens (primary N) is 1. The van der Waals surface area contributed by atoms with Gasteiger partial charge in [0.1, 0.15) is 17.8 Å². The third-order valence-electron chi connectivity index (χ3n) is 8.94. The zero-order valence-corrected chi connectivity index (χ0v) is 31.1. The molecule has 3 amide bonds. The second-order valence-electron chi connectivity index (χ2n) is 14.2. The van der Waals surface area contributed by atoms with Crippen LogP contribution in [0.25, 0.3) is 22.5 Å². The van der Waals surface area contributed by atoms with Gasteiger partial charge in [-0.3, -0.25) is 14.4 Å². The second-order valence-corrected chi connectivity index (χ2v) is 14.2. The minimum Gasteiger partial charge on any atom is -0.494 e. The molecule has 0 aliphatic heterocycles. The topological polar surface area (TPSA) is 174 Å². The second kappa shape index (κ2) is 19.3. The first-order valence-corrected chi connectivity index (χ1v) is 18.2. The van der Waals surface area contributed by atoms with Crippen molar-refractivity contribution in [1.82, 2.24) is 20.6 Å². The van der Waals surface area contributed by atoms with Crippen LogP contribution in [0.4, 0.5) is 0 Å². The highest BCUT2D eigenvalue weighted by molar-refractivity contribution is 5.98. The summed E-state index contributed by atoms with van der Waals surface area (Å²) in [4.78, 5) is 59.1. The number of aliphatic carboxylic acids is 1. The lowest BCUT2D eigenvalue weighted by Gasteiger charge is -2.22. The normalized spacial score (nSPS) is 12.4. The van der Waals surface area contributed by atoms with Crippen LogP contribution in [0.5, 0.6) is 5.75 Å². The van der Waals surface area contributed by atoms with Gasteiger partial charge in [0.15, 0.2) is 5.82 Å². The molecule has 0 fully saturated rings. The molecular weight excluding hydrogens is 670 g/mol. The highest BCUT2D eigenvalue weighted by atomic mass is 16.5. The summed E-state index contributed by atoms with van der Waals surface area (Å²) in [5.74, 6) is -1.83. The molecule has 11 nitrogen and oxygen atoms in total. The Morgan fingerprint density at radius 1 is 0.774 bits per heavy atom. The number of rotatable bonds is 19. The van der Waals surface area contributed by atoms with Crippen LogP contribution in [0.2, 0.25) is 0 Å². The van der Waals surface area contributed by atoms with Gasteiger partial charge in [-0.15, -0.1) is 0 Å². The van der Waals surface area contributed by atoms with Crippen molar-refractivity contribution >= 4 is 23.7 Å². The Morgan fingerprint density at radius 2 is 1.40 bits per heavy atom. The Bertz CT molecular complexity index is 1800. The molecule has 0 bridgehead atoms. The van der Waals surface area contributed by atoms with E-state index < -0.39 is 35.8 Å². The molecule has 3 aromatic carbocycles. The smallest absolute Gasteiger partial charge is 0.326 e. The maximum Gasteiger partial charge on any atom is 0.326 e. The summed E-state index contributed by atoms with van der Waals surface area (Å²) >= 11 is 0. The minimum absolute atomic E-state index is 0.0679. The van der Waals surface area contributed by atoms with Crippen LogP contribution in [0.15, 0.2) is 85.2 Å². The monoisotopic (exact) mass is 721 g/mol. The summed E-state index contributed by atoms with van der Waals surface area (Å²) in [5.41, 5.74) is 9.80. The summed E-state index contributed by atoms with van der Waals surface area (Å²) in [6, 6.07) is 19.8. The number of primary amides is 1. The van der Waals surface area contributed by atoms with Gasteiger partial charge in [-0.2, -0.15) is 0 Å². The van der Waals surface area contributed by atoms with Crippen molar-refractivity contribution in [2.24, 2.45) is 5.73 Å². The summed E-state index contributed by atoms with van der Waals surface area (Å²) in [6.07, 6.45) is 9.14. The first kappa shape index (κ1) is 40.2. The van der Waals surface area contributed by atoms with E-state index in [2.05, 4.69) is 48.3 Å². The molecule has 4 rings (SSSR count). The number of nitrogens with one attached hydrogen (secondary N) is 2. The lowest BCUT2D eigenvalue weighted by Crippen LogP contribution is -2.52. The summed E-state index contributed by atoms with van der Waals surface area (Å²) in [7, 11) is 0. The van der Waals surface area contributed by atoms with E-state index >= 15 is 0 Å². The first-order chi connectivity index (χ1) is 25.3. The average Bonchev–Trinajstić information content (AvgIpc) is 3.14. The molecule has 2 atom stereocenters. The van der Waals surface area contributed by atoms with Crippen molar-refractivity contribution in [3.8, 4) is 28.3 Å². The standard InChI is InChI=1S/C42H51N5O6/c1-5-6-7-8-9-24-53-34-20-16-29(17-21-34)32-26-44-38(45-27-32)30-12-10-28(11-13-30)25-36(40(50)46-35(41(51)52)22-23-37(43)48)47-39(49)31-14-18-33(19-15-31)42(2,3)4/h10-21,26-27,35-36H,5-9,22-25H2,1-4H3,(H2,43,48)(H,46,50)(H,47,49)(H,51,52)/t35-,36-/m0/s1. The fourth-order valence-corrected chi connectivity index (χ4v) is 5.68. The first-order valence-electron chi connectivity index (χ1n) is 18.2. The zero-order chi connectivity index (χ0) is 38.4. The molecule has 0 spiro atoms. The van der Waals surface area contributed by atoms with E-state index in [0.29, 0.717) is 23.6 Å². The van der Waals surface area contributed by atoms with Gasteiger partial charge >= 0.3 is 5.97 Å². The fourth-order valence-electron chi connectivity index (χ4n) is 5.68. The van der Waals surface area contributed by atoms with Crippen molar-refractivity contribution in [2.45, 2.75) is 96.6 Å². The number of ether oxygens (including phenoxy) is 1. The van der Waals surface area contributed by atoms with Crippen LogP contribution in [-0.4, -0.2) is 57.5 Å². The molecule has 0 saturated heterocycles. The Kier molecular flexibility index (Phi) is 14.6. The van der Waals surface area contributed by atoms with Gasteiger partial charge in [0.05, 0.1) is 6.61 Å². The Hall–Kier alpha value is -5.58. The van der Waals surface area contributed by atoms with Crippen molar-refractivity contribution in [1.29, 1.82) is 0 Å². The molecule has 11 heteroatoms. The lowest BCUT2D eigenvalue weighted by atomic mass is 9.86. The van der Waals surface area contributed by atoms with Gasteiger partial charge in [-0.1, -0.05) is 102 Å². The average molecular weight is 722 g/mol. The van der Waals surface area contributed by atoms with Crippen LogP contribution < -0.4 is 21.1 Å². The fraction of sp³-hybridized carbons (Fsp3) is 0.381. The highest BCUT2D eigenvalue weighted by Gasteiger charge is 2.28. The van der Waals surface area contributed by atoms with E-state index in [9.17, 15) is 24.3 Å². The van der Waals surface area contributed by atoms with E-state index in [0.717, 1.165) is 34.4 Å². The van der Waals surface area contributed by atoms with Crippen LogP contribution in [0, 0.1) is 0 Å². The van der Waals surface area contributed by atoms with Gasteiger partial charge in [0.25, 0.3) is 5.91 Å². The predicted octanol–water partition coefficient (Wildman–Crippen LogP) is 6.63. The molecule has 0 aliphatic carbocycles. The highest BCUT2D eigenvalue weighted by Crippen LogP contribution is 2.25. The molecule has 0 aliphatic rings. The van der Waals surface area contributed by atoms with Gasteiger partial charge < -0.3 is 26.2 Å². The third-order valence-corrected chi connectivity index (χ3v) is 8.94. The Balaban J connectivity index is 1.44. The molecule has 280 valence electrons. The SMILES string of the molecule is CCCCCCCOc1ccc(-c2cnc(-c3ccc(C[C@H](NC(=O)c4ccc(C(C)(C)C)cc4)C(=O)N[C@@H](CCC(N)=O)C(=O)O)cc3)nc2)cc1. The Morgan fingerprint density at radius 3 is 1.98 bits per heavy atom. The summed E-state index contributed by atoms with van der Waals surface area (Å²) in [5, 5.41) is 14.9. The zero-order valence-electron chi connectivity index (χ0n) is 31.1. The van der Waals surface area contributed by atoms with Gasteiger partial charge in [0, 0.05) is 41.9 Å². The molecular formula is C42H51N5O6. The number of benzene rings is 3. The molecule has 0 radical (unpaired) electrons. The third kappa shape index (κ3) is 12.6. The molecule has 0 saturated carbocycles. The van der Waals surface area contributed by atoms with Crippen molar-refractivity contribution in [3.63, 3.8) is 0 Å². The number of hydrogen-bond donors (Lipinski definition) is 4. The largest absolute Gasteiger partial charge is 0.494 e. The van der Waals surface area contributed by atoms with Crippen LogP contribution in [0.3, 0.4) is 0 Å². The van der Waals surface area contributed by atoms with Crippen LogP contribution in [0.1, 0.15) is 94.1 Å². The molecule has 0 unspecified atom stereocenters. The van der Waals surface area contributed by atoms with E-state index in [1.165, 1.54) is 25.7 Å². The number of carbonyl (C=O) groups is 4. The molecule has 1 aromatic heterocycles. The summed E-state index contributed by atoms with van der Waals surface area (Å²) in [6.45, 7) is 9.12. The van der Waals surface area contributed by atoms with E-state index in [-0.39, 0.29) is 24.7 Å². The van der Waals surface area contributed by atoms with E-state index in [4.69, 9.17) is 10.5 Å². The number of amides is 3. The van der Waals surface area contributed by atoms with Crippen LogP contribution >= 0.6 is 0 Å². The van der Waals surface area contributed by atoms with E-state index in [1.54, 1.807) is 24.5 Å². The number of carboxylic acids is 1. The lowest BCUT2D eigenvalue weighted by molar-refractivity contribution is -0.142. The number of aromatic nitrogens is 2. The molecule has 1 heterocycles. The van der Waals surface area contributed by atoms with Crippen molar-refractivity contribution in [3.05, 3.63) is 102 Å². The number of hydrogen-bond acceptors (Lipinski definition) is 7. The molecule has 5 N–H and O–H groups in total. The Labute approximate surface area is 311 Å². The van der Waals surface area contributed by atoms with Crippen LogP contribution in [-0.2, 0) is 26.2 Å². The van der Waals surface area contributed by atoms with Gasteiger partial charge in [-0.05, 0) is 59.2 Å². The predicted molar refractivity (Wildman–Crippen MR) is 205 cm³/mol. The minimum atomic E-state index is -1.36. The molecule has 53 heavy (non-hydrogen) atoms. The van der Waals surface area contributed by atoms with Gasteiger partial charge in [0.2, 0.25) is 11.8 Å². The molecule has 4 aromatic rings. The number of carboxylic acid groups (broad SMARTS) is 1.